The van der Waals surface area contributed by atoms with Crippen molar-refractivity contribution in [1.82, 2.24) is 10.3 Å². The lowest BCUT2D eigenvalue weighted by Gasteiger charge is -2.16. The summed E-state index contributed by atoms with van der Waals surface area (Å²) in [5.74, 6) is 1.78. The second-order valence-electron chi connectivity index (χ2n) is 4.00. The van der Waals surface area contributed by atoms with E-state index in [1.54, 1.807) is 11.8 Å². The first-order valence-electron chi connectivity index (χ1n) is 5.47. The summed E-state index contributed by atoms with van der Waals surface area (Å²) >= 11 is 1.80. The first-order valence-corrected chi connectivity index (χ1v) is 6.46. The normalized spacial score (nSPS) is 13.1. The van der Waals surface area contributed by atoms with Crippen LogP contribution in [-0.4, -0.2) is 23.3 Å². The lowest BCUT2D eigenvalue weighted by atomic mass is 10.1. The smallest absolute Gasteiger partial charge is 0.0960 e. The Labute approximate surface area is 96.9 Å². The van der Waals surface area contributed by atoms with Gasteiger partial charge >= 0.3 is 0 Å². The number of aromatic nitrogens is 1. The summed E-state index contributed by atoms with van der Waals surface area (Å²) in [6.07, 6.45) is 1.84. The molecule has 1 atom stereocenters. The Hall–Kier alpha value is -0.540. The van der Waals surface area contributed by atoms with Crippen molar-refractivity contribution in [3.05, 3.63) is 24.4 Å². The Kier molecular flexibility index (Phi) is 5.73. The van der Waals surface area contributed by atoms with Crippen molar-refractivity contribution < 1.29 is 0 Å². The van der Waals surface area contributed by atoms with Crippen molar-refractivity contribution in [2.75, 3.05) is 12.3 Å². The summed E-state index contributed by atoms with van der Waals surface area (Å²) in [6, 6.07) is 6.62. The maximum Gasteiger partial charge on any atom is 0.0960 e. The molecule has 0 fully saturated rings. The molecule has 0 aliphatic heterocycles. The van der Waals surface area contributed by atoms with Crippen LogP contribution < -0.4 is 5.32 Å². The van der Waals surface area contributed by atoms with Gasteiger partial charge in [-0.05, 0) is 25.0 Å². The van der Waals surface area contributed by atoms with Gasteiger partial charge in [0.15, 0.2) is 0 Å². The third kappa shape index (κ3) is 5.19. The van der Waals surface area contributed by atoms with E-state index in [1.807, 2.05) is 18.3 Å². The zero-order valence-corrected chi connectivity index (χ0v) is 10.6. The summed E-state index contributed by atoms with van der Waals surface area (Å²) in [4.78, 5) is 4.27. The van der Waals surface area contributed by atoms with Crippen LogP contribution >= 0.6 is 11.8 Å². The van der Waals surface area contributed by atoms with Crippen LogP contribution in [0.3, 0.4) is 0 Å². The number of nitrogens with zero attached hydrogens (tertiary/aromatic N) is 1. The van der Waals surface area contributed by atoms with E-state index >= 15 is 0 Å². The van der Waals surface area contributed by atoms with E-state index in [1.165, 1.54) is 0 Å². The minimum atomic E-state index is 0.592. The van der Waals surface area contributed by atoms with Gasteiger partial charge in [0.1, 0.15) is 0 Å². The molecule has 3 heteroatoms. The van der Waals surface area contributed by atoms with Crippen molar-refractivity contribution in [3.8, 4) is 0 Å². The standard InChI is InChI=1S/C12H20N2S/c1-10(2)11(3)13-8-9-15-12-6-4-5-7-14-12/h4-7,10-11,13H,8-9H2,1-3H3. The zero-order chi connectivity index (χ0) is 11.1. The lowest BCUT2D eigenvalue weighted by molar-refractivity contribution is 0.438. The second kappa shape index (κ2) is 6.85. The minimum absolute atomic E-state index is 0.592. The molecule has 0 saturated heterocycles. The molecule has 1 aromatic heterocycles. The molecular formula is C12H20N2S. The lowest BCUT2D eigenvalue weighted by Crippen LogP contribution is -2.32. The molecule has 1 heterocycles. The van der Waals surface area contributed by atoms with Crippen LogP contribution in [0.4, 0.5) is 0 Å². The van der Waals surface area contributed by atoms with Gasteiger partial charge in [-0.2, -0.15) is 0 Å². The quantitative estimate of drug-likeness (QED) is 0.594. The van der Waals surface area contributed by atoms with E-state index in [0.29, 0.717) is 12.0 Å². The highest BCUT2D eigenvalue weighted by atomic mass is 32.2. The summed E-state index contributed by atoms with van der Waals surface area (Å²) in [5, 5.41) is 4.61. The van der Waals surface area contributed by atoms with Crippen LogP contribution in [0.1, 0.15) is 20.8 Å². The topological polar surface area (TPSA) is 24.9 Å². The van der Waals surface area contributed by atoms with Crippen molar-refractivity contribution in [3.63, 3.8) is 0 Å². The molecule has 15 heavy (non-hydrogen) atoms. The van der Waals surface area contributed by atoms with E-state index in [4.69, 9.17) is 0 Å². The predicted molar refractivity (Wildman–Crippen MR) is 67.3 cm³/mol. The van der Waals surface area contributed by atoms with E-state index in [9.17, 15) is 0 Å². The molecule has 1 N–H and O–H groups in total. The molecule has 84 valence electrons. The molecule has 1 unspecified atom stereocenters. The molecule has 0 spiro atoms. The monoisotopic (exact) mass is 224 g/mol. The number of hydrogen-bond donors (Lipinski definition) is 1. The van der Waals surface area contributed by atoms with Crippen LogP contribution in [0.5, 0.6) is 0 Å². The predicted octanol–water partition coefficient (Wildman–Crippen LogP) is 2.81. The number of hydrogen-bond acceptors (Lipinski definition) is 3. The fourth-order valence-corrected chi connectivity index (χ4v) is 1.85. The molecule has 1 aromatic rings. The summed E-state index contributed by atoms with van der Waals surface area (Å²) in [7, 11) is 0. The van der Waals surface area contributed by atoms with Gasteiger partial charge in [0.05, 0.1) is 5.03 Å². The number of thioether (sulfide) groups is 1. The molecule has 0 radical (unpaired) electrons. The van der Waals surface area contributed by atoms with E-state index in [2.05, 4.69) is 37.1 Å². The Morgan fingerprint density at radius 2 is 2.13 bits per heavy atom. The highest BCUT2D eigenvalue weighted by Crippen LogP contribution is 2.12. The first-order chi connectivity index (χ1) is 7.20. The highest BCUT2D eigenvalue weighted by molar-refractivity contribution is 7.99. The van der Waals surface area contributed by atoms with E-state index < -0.39 is 0 Å². The highest BCUT2D eigenvalue weighted by Gasteiger charge is 2.04. The van der Waals surface area contributed by atoms with Gasteiger partial charge in [0.25, 0.3) is 0 Å². The average molecular weight is 224 g/mol. The third-order valence-electron chi connectivity index (χ3n) is 2.46. The van der Waals surface area contributed by atoms with Crippen molar-refractivity contribution in [1.29, 1.82) is 0 Å². The minimum Gasteiger partial charge on any atom is -0.313 e. The van der Waals surface area contributed by atoms with E-state index in [0.717, 1.165) is 17.3 Å². The van der Waals surface area contributed by atoms with E-state index in [-0.39, 0.29) is 0 Å². The van der Waals surface area contributed by atoms with Gasteiger partial charge in [-0.25, -0.2) is 4.98 Å². The van der Waals surface area contributed by atoms with Crippen molar-refractivity contribution in [2.45, 2.75) is 31.8 Å². The molecule has 0 aromatic carbocycles. The third-order valence-corrected chi connectivity index (χ3v) is 3.40. The average Bonchev–Trinajstić information content (AvgIpc) is 2.25. The van der Waals surface area contributed by atoms with Gasteiger partial charge in [0, 0.05) is 24.5 Å². The Balaban J connectivity index is 2.12. The van der Waals surface area contributed by atoms with Gasteiger partial charge in [0.2, 0.25) is 0 Å². The largest absolute Gasteiger partial charge is 0.313 e. The summed E-state index contributed by atoms with van der Waals surface area (Å²) in [6.45, 7) is 7.75. The van der Waals surface area contributed by atoms with Crippen LogP contribution in [-0.2, 0) is 0 Å². The molecule has 0 aliphatic rings. The summed E-state index contributed by atoms with van der Waals surface area (Å²) < 4.78 is 0. The Morgan fingerprint density at radius 3 is 2.73 bits per heavy atom. The molecule has 0 amide bonds. The SMILES string of the molecule is CC(C)C(C)NCCSc1ccccn1. The van der Waals surface area contributed by atoms with Crippen LogP contribution in [0.15, 0.2) is 29.4 Å². The van der Waals surface area contributed by atoms with Crippen LogP contribution in [0, 0.1) is 5.92 Å². The molecule has 2 nitrogen and oxygen atoms in total. The van der Waals surface area contributed by atoms with Gasteiger partial charge in [-0.1, -0.05) is 19.9 Å². The fourth-order valence-electron chi connectivity index (χ4n) is 1.11. The molecule has 0 bridgehead atoms. The first kappa shape index (κ1) is 12.5. The van der Waals surface area contributed by atoms with Crippen LogP contribution in [0.2, 0.25) is 0 Å². The maximum atomic E-state index is 4.27. The van der Waals surface area contributed by atoms with Crippen LogP contribution in [0.25, 0.3) is 0 Å². The number of rotatable bonds is 6. The van der Waals surface area contributed by atoms with Gasteiger partial charge in [-0.3, -0.25) is 0 Å². The number of nitrogens with one attached hydrogen (secondary N) is 1. The second-order valence-corrected chi connectivity index (χ2v) is 5.12. The Morgan fingerprint density at radius 1 is 1.33 bits per heavy atom. The van der Waals surface area contributed by atoms with Crippen molar-refractivity contribution >= 4 is 11.8 Å². The summed E-state index contributed by atoms with van der Waals surface area (Å²) in [5.41, 5.74) is 0. The molecule has 1 rings (SSSR count). The molecular weight excluding hydrogens is 204 g/mol. The maximum absolute atomic E-state index is 4.27. The Bertz CT molecular complexity index is 262. The zero-order valence-electron chi connectivity index (χ0n) is 9.73. The van der Waals surface area contributed by atoms with Crippen molar-refractivity contribution in [2.24, 2.45) is 5.92 Å². The molecule has 0 aliphatic carbocycles. The fraction of sp³-hybridized carbons (Fsp3) is 0.583. The van der Waals surface area contributed by atoms with Gasteiger partial charge in [-0.15, -0.1) is 11.8 Å². The number of pyridine rings is 1. The van der Waals surface area contributed by atoms with Gasteiger partial charge < -0.3 is 5.32 Å². The molecule has 0 saturated carbocycles.